The number of aryl methyl sites for hydroxylation is 1. The highest BCUT2D eigenvalue weighted by atomic mass is 32.1. The minimum absolute atomic E-state index is 0.963. The highest BCUT2D eigenvalue weighted by molar-refractivity contribution is 7.80. The monoisotopic (exact) mass is 204 g/mol. The van der Waals surface area contributed by atoms with Crippen LogP contribution in [0.25, 0.3) is 0 Å². The molecule has 0 N–H and O–H groups in total. The third kappa shape index (κ3) is 2.21. The van der Waals surface area contributed by atoms with Gasteiger partial charge in [0.1, 0.15) is 0 Å². The highest BCUT2D eigenvalue weighted by Gasteiger charge is 2.10. The molecule has 0 radical (unpaired) electrons. The van der Waals surface area contributed by atoms with Gasteiger partial charge in [0.15, 0.2) is 0 Å². The Morgan fingerprint density at radius 2 is 1.93 bits per heavy atom. The summed E-state index contributed by atoms with van der Waals surface area (Å²) in [6.45, 7) is 0. The van der Waals surface area contributed by atoms with Crippen LogP contribution in [0.3, 0.4) is 0 Å². The van der Waals surface area contributed by atoms with E-state index >= 15 is 0 Å². The smallest absolute Gasteiger partial charge is 0.00632 e. The van der Waals surface area contributed by atoms with Crippen LogP contribution in [0.2, 0.25) is 0 Å². The molecule has 1 aromatic rings. The first-order valence-corrected chi connectivity index (χ1v) is 5.89. The van der Waals surface area contributed by atoms with Gasteiger partial charge < -0.3 is 0 Å². The van der Waals surface area contributed by atoms with E-state index in [0.717, 1.165) is 18.6 Å². The zero-order valence-corrected chi connectivity index (χ0v) is 9.26. The standard InChI is InChI=1S/C13H16S/c14-9-3-4-11-7-8-12-5-1-2-6-13(12)10-11/h1-2,4-6,14H,3,7-10H2/b11-4+. The molecular weight excluding hydrogens is 188 g/mol. The fraction of sp³-hybridized carbons (Fsp3) is 0.385. The maximum Gasteiger partial charge on any atom is -0.00632 e. The maximum atomic E-state index is 4.23. The number of fused-ring (bicyclic) bond motifs is 1. The van der Waals surface area contributed by atoms with Crippen molar-refractivity contribution in [1.29, 1.82) is 0 Å². The number of benzene rings is 1. The molecule has 0 amide bonds. The molecule has 0 atom stereocenters. The zero-order chi connectivity index (χ0) is 9.80. The van der Waals surface area contributed by atoms with Gasteiger partial charge in [-0.3, -0.25) is 0 Å². The van der Waals surface area contributed by atoms with Gasteiger partial charge in [-0.05, 0) is 42.6 Å². The summed E-state index contributed by atoms with van der Waals surface area (Å²) in [5.41, 5.74) is 4.65. The van der Waals surface area contributed by atoms with E-state index in [4.69, 9.17) is 0 Å². The molecule has 0 saturated carbocycles. The van der Waals surface area contributed by atoms with Crippen LogP contribution in [-0.2, 0) is 12.8 Å². The molecule has 2 rings (SSSR count). The Balaban J connectivity index is 2.13. The molecule has 0 spiro atoms. The second-order valence-electron chi connectivity index (χ2n) is 3.82. The molecule has 0 saturated heterocycles. The molecule has 0 bridgehead atoms. The van der Waals surface area contributed by atoms with Crippen LogP contribution in [0.5, 0.6) is 0 Å². The van der Waals surface area contributed by atoms with Gasteiger partial charge in [0.05, 0.1) is 0 Å². The minimum atomic E-state index is 0.963. The van der Waals surface area contributed by atoms with Crippen LogP contribution >= 0.6 is 12.6 Å². The summed E-state index contributed by atoms with van der Waals surface area (Å²) in [5, 5.41) is 0. The highest BCUT2D eigenvalue weighted by Crippen LogP contribution is 2.24. The van der Waals surface area contributed by atoms with E-state index < -0.39 is 0 Å². The lowest BCUT2D eigenvalue weighted by Crippen LogP contribution is -2.05. The molecule has 74 valence electrons. The van der Waals surface area contributed by atoms with E-state index in [1.54, 1.807) is 5.57 Å². The van der Waals surface area contributed by atoms with Gasteiger partial charge in [-0.2, -0.15) is 12.6 Å². The van der Waals surface area contributed by atoms with Crippen molar-refractivity contribution in [3.8, 4) is 0 Å². The largest absolute Gasteiger partial charge is 0.179 e. The Morgan fingerprint density at radius 1 is 1.14 bits per heavy atom. The maximum absolute atomic E-state index is 4.23. The van der Waals surface area contributed by atoms with E-state index in [1.807, 2.05) is 0 Å². The van der Waals surface area contributed by atoms with Crippen molar-refractivity contribution >= 4 is 12.6 Å². The van der Waals surface area contributed by atoms with E-state index in [9.17, 15) is 0 Å². The lowest BCUT2D eigenvalue weighted by atomic mass is 9.88. The Labute approximate surface area is 91.4 Å². The fourth-order valence-electron chi connectivity index (χ4n) is 2.04. The van der Waals surface area contributed by atoms with Crippen molar-refractivity contribution in [2.45, 2.75) is 25.7 Å². The average Bonchev–Trinajstić information content (AvgIpc) is 2.26. The van der Waals surface area contributed by atoms with Gasteiger partial charge in [0.25, 0.3) is 0 Å². The first-order chi connectivity index (χ1) is 6.90. The van der Waals surface area contributed by atoms with Crippen LogP contribution in [0.1, 0.15) is 24.0 Å². The number of hydrogen-bond donors (Lipinski definition) is 1. The average molecular weight is 204 g/mol. The molecular formula is C13H16S. The van der Waals surface area contributed by atoms with Crippen molar-refractivity contribution in [1.82, 2.24) is 0 Å². The van der Waals surface area contributed by atoms with Crippen LogP contribution in [-0.4, -0.2) is 5.75 Å². The van der Waals surface area contributed by atoms with E-state index in [1.165, 1.54) is 24.0 Å². The van der Waals surface area contributed by atoms with Crippen molar-refractivity contribution in [2.24, 2.45) is 0 Å². The van der Waals surface area contributed by atoms with Gasteiger partial charge in [0.2, 0.25) is 0 Å². The van der Waals surface area contributed by atoms with Crippen LogP contribution < -0.4 is 0 Å². The lowest BCUT2D eigenvalue weighted by Gasteiger charge is -2.18. The molecule has 1 heteroatoms. The normalized spacial score (nSPS) is 18.2. The number of thiol groups is 1. The Hall–Kier alpha value is -0.690. The summed E-state index contributed by atoms with van der Waals surface area (Å²) in [4.78, 5) is 0. The Morgan fingerprint density at radius 3 is 2.71 bits per heavy atom. The van der Waals surface area contributed by atoms with E-state index in [-0.39, 0.29) is 0 Å². The summed E-state index contributed by atoms with van der Waals surface area (Å²) in [6.07, 6.45) is 7.09. The van der Waals surface area contributed by atoms with Crippen molar-refractivity contribution in [2.75, 3.05) is 5.75 Å². The summed E-state index contributed by atoms with van der Waals surface area (Å²) in [5.74, 6) is 0.963. The Bertz CT molecular complexity index is 339. The molecule has 0 aliphatic heterocycles. The third-order valence-electron chi connectivity index (χ3n) is 2.81. The molecule has 0 fully saturated rings. The summed E-state index contributed by atoms with van der Waals surface area (Å²) in [7, 11) is 0. The van der Waals surface area contributed by atoms with Crippen LogP contribution in [0, 0.1) is 0 Å². The minimum Gasteiger partial charge on any atom is -0.179 e. The van der Waals surface area contributed by atoms with Crippen molar-refractivity contribution in [3.63, 3.8) is 0 Å². The first-order valence-electron chi connectivity index (χ1n) is 5.25. The molecule has 0 nitrogen and oxygen atoms in total. The van der Waals surface area contributed by atoms with Crippen molar-refractivity contribution < 1.29 is 0 Å². The molecule has 1 aliphatic carbocycles. The van der Waals surface area contributed by atoms with Gasteiger partial charge in [-0.25, -0.2) is 0 Å². The molecule has 0 unspecified atom stereocenters. The predicted molar refractivity (Wildman–Crippen MR) is 65.0 cm³/mol. The van der Waals surface area contributed by atoms with Crippen molar-refractivity contribution in [3.05, 3.63) is 47.0 Å². The SMILES string of the molecule is SCC/C=C1\CCc2ccccc2C1. The predicted octanol–water partition coefficient (Wildman–Crippen LogP) is 3.42. The number of hydrogen-bond acceptors (Lipinski definition) is 1. The number of rotatable bonds is 2. The van der Waals surface area contributed by atoms with Gasteiger partial charge in [-0.15, -0.1) is 0 Å². The molecule has 1 aromatic carbocycles. The first kappa shape index (κ1) is 9.85. The van der Waals surface area contributed by atoms with Gasteiger partial charge in [-0.1, -0.05) is 35.9 Å². The van der Waals surface area contributed by atoms with Gasteiger partial charge in [0, 0.05) is 0 Å². The molecule has 0 heterocycles. The van der Waals surface area contributed by atoms with Crippen LogP contribution in [0.4, 0.5) is 0 Å². The number of allylic oxidation sites excluding steroid dienone is 2. The second-order valence-corrected chi connectivity index (χ2v) is 4.27. The topological polar surface area (TPSA) is 0 Å². The Kier molecular flexibility index (Phi) is 3.30. The second kappa shape index (κ2) is 4.70. The summed E-state index contributed by atoms with van der Waals surface area (Å²) < 4.78 is 0. The van der Waals surface area contributed by atoms with Gasteiger partial charge >= 0.3 is 0 Å². The molecule has 0 aromatic heterocycles. The summed E-state index contributed by atoms with van der Waals surface area (Å²) in [6, 6.07) is 8.79. The third-order valence-corrected chi connectivity index (χ3v) is 3.07. The van der Waals surface area contributed by atoms with E-state index in [2.05, 4.69) is 43.0 Å². The fourth-order valence-corrected chi connectivity index (χ4v) is 2.17. The van der Waals surface area contributed by atoms with Crippen LogP contribution in [0.15, 0.2) is 35.9 Å². The zero-order valence-electron chi connectivity index (χ0n) is 8.37. The molecule has 14 heavy (non-hydrogen) atoms. The molecule has 1 aliphatic rings. The quantitative estimate of drug-likeness (QED) is 0.554. The summed E-state index contributed by atoms with van der Waals surface area (Å²) >= 11 is 4.23. The lowest BCUT2D eigenvalue weighted by molar-refractivity contribution is 0.828. The van der Waals surface area contributed by atoms with E-state index in [0.29, 0.717) is 0 Å².